The molecule has 0 amide bonds. The van der Waals surface area contributed by atoms with Gasteiger partial charge in [0.05, 0.1) is 24.4 Å². The van der Waals surface area contributed by atoms with Gasteiger partial charge in [-0.05, 0) is 329 Å². The molecule has 0 aromatic heterocycles. The Hall–Kier alpha value is -6.04. The third-order valence-electron chi connectivity index (χ3n) is 33.7. The Kier molecular flexibility index (Phi) is 28.9. The molecule has 0 spiro atoms. The van der Waals surface area contributed by atoms with Gasteiger partial charge in [-0.3, -0.25) is 39.2 Å². The number of rotatable bonds is 25. The van der Waals surface area contributed by atoms with Crippen molar-refractivity contribution >= 4 is 23.6 Å². The van der Waals surface area contributed by atoms with E-state index in [0.29, 0.717) is 74.5 Å². The summed E-state index contributed by atoms with van der Waals surface area (Å²) < 4.78 is 29.1. The van der Waals surface area contributed by atoms with Crippen LogP contribution in [0.1, 0.15) is 324 Å². The zero-order valence-electron chi connectivity index (χ0n) is 88.8. The lowest BCUT2D eigenvalue weighted by atomic mass is 9.79. The first-order valence-electron chi connectivity index (χ1n) is 49.1. The van der Waals surface area contributed by atoms with Crippen LogP contribution in [0, 0.1) is 0 Å². The van der Waals surface area contributed by atoms with Crippen LogP contribution in [0.3, 0.4) is 0 Å². The molecule has 12 rings (SSSR count). The molecule has 130 heavy (non-hydrogen) atoms. The van der Waals surface area contributed by atoms with Crippen LogP contribution in [-0.2, 0) is 38.3 Å². The lowest BCUT2D eigenvalue weighted by Crippen LogP contribution is -2.61. The van der Waals surface area contributed by atoms with E-state index in [1.54, 1.807) is 21.1 Å². The van der Waals surface area contributed by atoms with E-state index < -0.39 is 0 Å². The van der Waals surface area contributed by atoms with Crippen molar-refractivity contribution in [3.8, 4) is 0 Å². The molecule has 32 heteroatoms. The van der Waals surface area contributed by atoms with Crippen LogP contribution >= 0.6 is 0 Å². The lowest BCUT2D eigenvalue weighted by Gasteiger charge is -2.53. The maximum atomic E-state index is 7.38. The zero-order valence-corrected chi connectivity index (χ0v) is 88.8. The van der Waals surface area contributed by atoms with Gasteiger partial charge in [0.15, 0.2) is 0 Å². The molecule has 8 fully saturated rings. The van der Waals surface area contributed by atoms with E-state index in [4.69, 9.17) is 58.7 Å². The van der Waals surface area contributed by atoms with Crippen molar-refractivity contribution in [1.82, 2.24) is 102 Å². The predicted octanol–water partition coefficient (Wildman–Crippen LogP) is 13.7. The minimum absolute atomic E-state index is 0.120. The third-order valence-corrected chi connectivity index (χ3v) is 33.7. The molecule has 12 aliphatic heterocycles. The van der Waals surface area contributed by atoms with Crippen LogP contribution in [0.2, 0.25) is 0 Å². The number of hydrogen-bond acceptors (Lipinski definition) is 32. The summed E-state index contributed by atoms with van der Waals surface area (Å²) in [5.41, 5.74) is 12.2. The molecule has 12 heterocycles. The monoisotopic (exact) mass is 1820 g/mol. The molecule has 32 nitrogen and oxygen atoms in total. The van der Waals surface area contributed by atoms with Crippen LogP contribution in [0.5, 0.6) is 0 Å². The maximum absolute atomic E-state index is 7.38. The van der Waals surface area contributed by atoms with E-state index in [1.807, 2.05) is 12.2 Å². The van der Waals surface area contributed by atoms with Gasteiger partial charge < -0.3 is 39.4 Å². The number of hydrogen-bond donors (Lipinski definition) is 6. The number of hydrazone groups is 4. The van der Waals surface area contributed by atoms with Crippen LogP contribution in [-0.4, -0.2) is 327 Å². The number of nitrogens with zero attached hydrogens (tertiary/aromatic N) is 18. The van der Waals surface area contributed by atoms with Crippen LogP contribution in [0.4, 0.5) is 0 Å². The van der Waals surface area contributed by atoms with Crippen LogP contribution in [0.25, 0.3) is 0 Å². The summed E-state index contributed by atoms with van der Waals surface area (Å²) in [6, 6.07) is 0. The van der Waals surface area contributed by atoms with Crippen molar-refractivity contribution in [1.29, 1.82) is 0 Å². The SMILES string of the molecule is CN1C(C)(C)CC(OC2=NN(OC3CC(C)(C)N(C)C(C)(C)C3)NC(NCCN(CCN(CCNC3=CC(OC4CC(C)(C)N(C)C(C)(C)C4)=NN(OC4CC(C)(C)N(C)C(C)(C)C4)N3)C3=CC(OC4CC(C)(C)N(C)C(C)(C)C4)=NN(OC4CC(C)(C)N(C)C(C)(C)C4)N3)C3=CC(OC4CC(C)(C)N(C)C(C)(C)C4)=NN(OC4CC(C)(C)N(C)C(C)(C)C4)N3)=C2)CC1(C)C. The fourth-order valence-corrected chi connectivity index (χ4v) is 24.2. The van der Waals surface area contributed by atoms with Gasteiger partial charge in [-0.2, -0.15) is 0 Å². The summed E-state index contributed by atoms with van der Waals surface area (Å²) in [5.74, 6) is 4.68. The van der Waals surface area contributed by atoms with Gasteiger partial charge in [0.1, 0.15) is 47.7 Å². The Bertz CT molecular complexity index is 3820. The Morgan fingerprint density at radius 1 is 0.246 bits per heavy atom. The van der Waals surface area contributed by atoms with Gasteiger partial charge in [-0.15, -0.1) is 0 Å². The Morgan fingerprint density at radius 3 is 0.592 bits per heavy atom. The molecule has 8 saturated heterocycles. The summed E-state index contributed by atoms with van der Waals surface area (Å²) in [6.45, 7) is 76.5. The molecule has 0 saturated carbocycles. The standard InChI is InChI=1S/C98H182N24O8/c1-83(2)51-67(52-84(3,4)109(83)33)123-79-47-75(101-119(105-79)127-71-59-91(17,18)113(37)92(19,20)60-71)99-41-43-117(77-49-81(125-69-55-87(9,10)111(35)88(11,12)56-69)107-121(103-77)129-73-63-95(25,26)115(39)96(27,28)64-73)45-46-118(78-50-82(126-70-57-89(13,14)112(36)90(15,16)58-70)108-122(104-78)130-74-65-97(29,30)116(40)98(31,32)66-74)44-42-100-76-48-80(124-68-53-85(5,6)110(34)86(7,8)54-68)106-120(102-76)128-72-61-93(21,22)114(38)94(23,24)62-72/h47-50,67-74,99-104H,41-46,51-66H2,1-40H3. The maximum Gasteiger partial charge on any atom is 0.239 e. The normalized spacial score (nSPS) is 28.7. The molecule has 0 unspecified atom stereocenters. The average molecular weight is 1820 g/mol. The molecule has 0 aromatic carbocycles. The number of nitrogens with one attached hydrogen (secondary N) is 6. The molecule has 742 valence electrons. The summed E-state index contributed by atoms with van der Waals surface area (Å²) in [5, 5.41) is 35.0. The highest BCUT2D eigenvalue weighted by Crippen LogP contribution is 2.48. The molecule has 0 atom stereocenters. The minimum atomic E-state index is -0.211. The molecule has 12 aliphatic rings. The van der Waals surface area contributed by atoms with Gasteiger partial charge in [-0.25, -0.2) is 41.1 Å². The van der Waals surface area contributed by atoms with Gasteiger partial charge in [0.2, 0.25) is 23.6 Å². The zero-order chi connectivity index (χ0) is 96.4. The smallest absolute Gasteiger partial charge is 0.239 e. The topological polar surface area (TPSA) is 241 Å². The van der Waals surface area contributed by atoms with E-state index in [9.17, 15) is 0 Å². The molecular weight excluding hydrogens is 1640 g/mol. The quantitative estimate of drug-likeness (QED) is 0.0498. The van der Waals surface area contributed by atoms with E-state index in [1.165, 1.54) is 0 Å². The second kappa shape index (κ2) is 36.5. The minimum Gasteiger partial charge on any atom is -0.473 e. The summed E-state index contributed by atoms with van der Waals surface area (Å²) in [7, 11) is 17.8. The van der Waals surface area contributed by atoms with Gasteiger partial charge >= 0.3 is 0 Å². The molecule has 0 aromatic rings. The third kappa shape index (κ3) is 23.6. The highest BCUT2D eigenvalue weighted by Gasteiger charge is 2.54. The number of piperidine rings is 8. The van der Waals surface area contributed by atoms with Gasteiger partial charge in [0, 0.05) is 204 Å². The van der Waals surface area contributed by atoms with Gasteiger partial charge in [-0.1, -0.05) is 41.5 Å². The van der Waals surface area contributed by atoms with Crippen molar-refractivity contribution in [2.24, 2.45) is 20.4 Å². The Morgan fingerprint density at radius 2 is 0.408 bits per heavy atom. The van der Waals surface area contributed by atoms with Crippen molar-refractivity contribution < 1.29 is 38.3 Å². The van der Waals surface area contributed by atoms with E-state index in [2.05, 4.69) is 371 Å². The van der Waals surface area contributed by atoms with Crippen LogP contribution in [0.15, 0.2) is 68.0 Å². The molecule has 0 aliphatic carbocycles. The van der Waals surface area contributed by atoms with Crippen molar-refractivity contribution in [2.75, 3.05) is 95.6 Å². The second-order valence-electron chi connectivity index (χ2n) is 50.9. The van der Waals surface area contributed by atoms with E-state index in [0.717, 1.165) is 114 Å². The van der Waals surface area contributed by atoms with Crippen molar-refractivity contribution in [2.45, 2.75) is 462 Å². The average Bonchev–Trinajstić information content (AvgIpc) is 0.802. The second-order valence-corrected chi connectivity index (χ2v) is 50.9. The fourth-order valence-electron chi connectivity index (χ4n) is 24.2. The highest BCUT2D eigenvalue weighted by atomic mass is 16.8. The molecular formula is C98H182N24O8. The van der Waals surface area contributed by atoms with Crippen molar-refractivity contribution in [3.63, 3.8) is 0 Å². The summed E-state index contributed by atoms with van der Waals surface area (Å²) in [6.07, 6.45) is 19.5. The number of likely N-dealkylation sites (tertiary alicyclic amines) is 8. The highest BCUT2D eigenvalue weighted by molar-refractivity contribution is 5.90. The molecule has 0 radical (unpaired) electrons. The lowest BCUT2D eigenvalue weighted by molar-refractivity contribution is -0.256. The largest absolute Gasteiger partial charge is 0.473 e. The van der Waals surface area contributed by atoms with Gasteiger partial charge in [0.25, 0.3) is 0 Å². The predicted molar refractivity (Wildman–Crippen MR) is 521 cm³/mol. The van der Waals surface area contributed by atoms with Crippen molar-refractivity contribution in [3.05, 3.63) is 47.6 Å². The first kappa shape index (κ1) is 103. The fraction of sp³-hybridized carbons (Fsp3) is 0.878. The summed E-state index contributed by atoms with van der Waals surface area (Å²) in [4.78, 5) is 53.3. The molecule has 6 N–H and O–H groups in total. The first-order valence-corrected chi connectivity index (χ1v) is 49.1. The Balaban J connectivity index is 0.945. The number of ether oxygens (including phenoxy) is 4. The van der Waals surface area contributed by atoms with Crippen LogP contribution < -0.4 is 32.3 Å². The number of hydrazine groups is 4. The first-order chi connectivity index (χ1) is 59.4. The summed E-state index contributed by atoms with van der Waals surface area (Å²) >= 11 is 0. The molecule has 0 bridgehead atoms. The Labute approximate surface area is 785 Å². The van der Waals surface area contributed by atoms with E-state index in [-0.39, 0.29) is 137 Å². The van der Waals surface area contributed by atoms with E-state index >= 15 is 0 Å².